The van der Waals surface area contributed by atoms with Crippen molar-refractivity contribution in [3.63, 3.8) is 0 Å². The molecule has 0 saturated heterocycles. The van der Waals surface area contributed by atoms with Crippen LogP contribution in [0.25, 0.3) is 22.1 Å². The number of hydrogen-bond acceptors (Lipinski definition) is 10. The molecule has 10 nitrogen and oxygen atoms in total. The Morgan fingerprint density at radius 2 is 1.64 bits per heavy atom. The van der Waals surface area contributed by atoms with Crippen molar-refractivity contribution in [2.24, 2.45) is 0 Å². The van der Waals surface area contributed by atoms with Crippen molar-refractivity contribution in [1.29, 1.82) is 0 Å². The van der Waals surface area contributed by atoms with Gasteiger partial charge in [-0.05, 0) is 35.4 Å². The molecule has 0 saturated carbocycles. The SMILES string of the molecule is COc1ccc(-c2coc3c4c(cc(O)c3c2=O)OC(=O)CC4c2cc(OC)c(OC(C)=O)c(OC)c2)cc1. The second-order valence-electron chi connectivity index (χ2n) is 8.80. The highest BCUT2D eigenvalue weighted by Crippen LogP contribution is 2.49. The Hall–Kier alpha value is -4.99. The first-order valence-corrected chi connectivity index (χ1v) is 11.9. The molecule has 1 aromatic heterocycles. The van der Waals surface area contributed by atoms with Gasteiger partial charge >= 0.3 is 11.9 Å². The summed E-state index contributed by atoms with van der Waals surface area (Å²) in [5, 5.41) is 10.8. The summed E-state index contributed by atoms with van der Waals surface area (Å²) in [4.78, 5) is 37.8. The third-order valence-electron chi connectivity index (χ3n) is 6.50. The summed E-state index contributed by atoms with van der Waals surface area (Å²) < 4.78 is 32.8. The number of phenolic OH excluding ortho intramolecular Hbond substituents is 1. The van der Waals surface area contributed by atoms with Crippen molar-refractivity contribution >= 4 is 22.9 Å². The number of fused-ring (bicyclic) bond motifs is 3. The summed E-state index contributed by atoms with van der Waals surface area (Å²) in [5.74, 6) is -1.01. The Kier molecular flexibility index (Phi) is 6.61. The van der Waals surface area contributed by atoms with Crippen LogP contribution in [-0.2, 0) is 9.59 Å². The van der Waals surface area contributed by atoms with E-state index < -0.39 is 23.3 Å². The van der Waals surface area contributed by atoms with E-state index >= 15 is 0 Å². The van der Waals surface area contributed by atoms with Crippen LogP contribution in [0.2, 0.25) is 0 Å². The van der Waals surface area contributed by atoms with E-state index in [-0.39, 0.29) is 51.7 Å². The topological polar surface area (TPSA) is 131 Å². The van der Waals surface area contributed by atoms with Crippen LogP contribution in [0.15, 0.2) is 57.9 Å². The zero-order valence-electron chi connectivity index (χ0n) is 21.5. The molecular formula is C29H24O10. The van der Waals surface area contributed by atoms with Crippen LogP contribution < -0.4 is 29.1 Å². The highest BCUT2D eigenvalue weighted by atomic mass is 16.6. The first-order valence-electron chi connectivity index (χ1n) is 11.9. The monoisotopic (exact) mass is 532 g/mol. The van der Waals surface area contributed by atoms with Crippen molar-refractivity contribution in [2.45, 2.75) is 19.3 Å². The lowest BCUT2D eigenvalue weighted by atomic mass is 9.84. The van der Waals surface area contributed by atoms with Crippen molar-refractivity contribution in [1.82, 2.24) is 0 Å². The number of benzene rings is 3. The van der Waals surface area contributed by atoms with Crippen LogP contribution in [-0.4, -0.2) is 38.4 Å². The summed E-state index contributed by atoms with van der Waals surface area (Å²) >= 11 is 0. The minimum Gasteiger partial charge on any atom is -0.507 e. The van der Waals surface area contributed by atoms with Gasteiger partial charge in [-0.2, -0.15) is 0 Å². The number of carbonyl (C=O) groups is 2. The van der Waals surface area contributed by atoms with Crippen LogP contribution in [0.1, 0.15) is 30.4 Å². The van der Waals surface area contributed by atoms with Gasteiger partial charge in [0.25, 0.3) is 0 Å². The number of esters is 2. The van der Waals surface area contributed by atoms with Crippen LogP contribution in [0.3, 0.4) is 0 Å². The molecule has 0 spiro atoms. The van der Waals surface area contributed by atoms with E-state index in [1.54, 1.807) is 43.5 Å². The zero-order chi connectivity index (χ0) is 27.8. The van der Waals surface area contributed by atoms with Gasteiger partial charge in [-0.3, -0.25) is 14.4 Å². The van der Waals surface area contributed by atoms with Gasteiger partial charge in [0.15, 0.2) is 11.5 Å². The molecule has 1 atom stereocenters. The van der Waals surface area contributed by atoms with Gasteiger partial charge in [0.05, 0.1) is 33.3 Å². The molecule has 1 unspecified atom stereocenters. The minimum atomic E-state index is -0.673. The molecule has 10 heteroatoms. The van der Waals surface area contributed by atoms with Gasteiger partial charge in [0, 0.05) is 24.5 Å². The smallest absolute Gasteiger partial charge is 0.312 e. The lowest BCUT2D eigenvalue weighted by Gasteiger charge is -2.27. The first-order chi connectivity index (χ1) is 18.7. The fourth-order valence-corrected chi connectivity index (χ4v) is 4.73. The fraction of sp³-hybridized carbons (Fsp3) is 0.207. The highest BCUT2D eigenvalue weighted by Gasteiger charge is 2.35. The van der Waals surface area contributed by atoms with Crippen molar-refractivity contribution in [2.75, 3.05) is 21.3 Å². The van der Waals surface area contributed by atoms with E-state index in [0.29, 0.717) is 22.4 Å². The molecular weight excluding hydrogens is 508 g/mol. The molecule has 0 bridgehead atoms. The maximum absolute atomic E-state index is 13.6. The van der Waals surface area contributed by atoms with E-state index in [1.165, 1.54) is 33.5 Å². The molecule has 0 amide bonds. The van der Waals surface area contributed by atoms with Gasteiger partial charge in [-0.1, -0.05) is 12.1 Å². The molecule has 0 fully saturated rings. The van der Waals surface area contributed by atoms with E-state index in [2.05, 4.69) is 0 Å². The largest absolute Gasteiger partial charge is 0.507 e. The van der Waals surface area contributed by atoms with Crippen LogP contribution >= 0.6 is 0 Å². The molecule has 200 valence electrons. The highest BCUT2D eigenvalue weighted by molar-refractivity contribution is 5.94. The lowest BCUT2D eigenvalue weighted by Crippen LogP contribution is -2.22. The Labute approximate surface area is 222 Å². The number of hydrogen-bond donors (Lipinski definition) is 1. The van der Waals surface area contributed by atoms with Gasteiger partial charge in [-0.15, -0.1) is 0 Å². The Balaban J connectivity index is 1.73. The van der Waals surface area contributed by atoms with Crippen molar-refractivity contribution < 1.29 is 42.8 Å². The van der Waals surface area contributed by atoms with E-state index in [0.717, 1.165) is 0 Å². The van der Waals surface area contributed by atoms with Gasteiger partial charge in [0.1, 0.15) is 34.5 Å². The van der Waals surface area contributed by atoms with E-state index in [1.807, 2.05) is 0 Å². The average Bonchev–Trinajstić information content (AvgIpc) is 2.92. The number of rotatable bonds is 6. The molecule has 4 aromatic rings. The van der Waals surface area contributed by atoms with Crippen LogP contribution in [0.5, 0.6) is 34.5 Å². The standard InChI is InChI=1S/C29H24O10/c1-14(30)38-28-22(35-3)9-16(10-23(28)36-4)18-11-24(32)39-21-12-20(31)26-27(33)19(13-37-29(26)25(18)21)15-5-7-17(34-2)8-6-15/h5-10,12-13,18,31H,11H2,1-4H3. The number of phenols is 1. The molecule has 0 radical (unpaired) electrons. The average molecular weight is 533 g/mol. The van der Waals surface area contributed by atoms with E-state index in [9.17, 15) is 19.5 Å². The third kappa shape index (κ3) is 4.50. The van der Waals surface area contributed by atoms with Gasteiger partial charge < -0.3 is 33.2 Å². The molecule has 1 aliphatic rings. The van der Waals surface area contributed by atoms with Crippen LogP contribution in [0.4, 0.5) is 0 Å². The Morgan fingerprint density at radius 3 is 2.23 bits per heavy atom. The van der Waals surface area contributed by atoms with Crippen molar-refractivity contribution in [3.05, 3.63) is 70.1 Å². The zero-order valence-corrected chi connectivity index (χ0v) is 21.5. The van der Waals surface area contributed by atoms with E-state index in [4.69, 9.17) is 28.1 Å². The fourth-order valence-electron chi connectivity index (χ4n) is 4.73. The summed E-state index contributed by atoms with van der Waals surface area (Å²) in [7, 11) is 4.35. The second-order valence-corrected chi connectivity index (χ2v) is 8.80. The predicted molar refractivity (Wildman–Crippen MR) is 139 cm³/mol. The molecule has 39 heavy (non-hydrogen) atoms. The minimum absolute atomic E-state index is 0.0551. The molecule has 2 heterocycles. The Morgan fingerprint density at radius 1 is 0.974 bits per heavy atom. The quantitative estimate of drug-likeness (QED) is 0.279. The number of methoxy groups -OCH3 is 3. The third-order valence-corrected chi connectivity index (χ3v) is 6.50. The molecule has 5 rings (SSSR count). The normalized spacial score (nSPS) is 14.4. The summed E-state index contributed by atoms with van der Waals surface area (Å²) in [6.07, 6.45) is 1.21. The summed E-state index contributed by atoms with van der Waals surface area (Å²) in [6, 6.07) is 11.3. The summed E-state index contributed by atoms with van der Waals surface area (Å²) in [5.41, 5.74) is 1.36. The van der Waals surface area contributed by atoms with Gasteiger partial charge in [-0.25, -0.2) is 0 Å². The maximum atomic E-state index is 13.6. The number of ether oxygens (including phenoxy) is 5. The second kappa shape index (κ2) is 10.1. The maximum Gasteiger partial charge on any atom is 0.312 e. The first kappa shape index (κ1) is 25.7. The molecule has 0 aliphatic carbocycles. The lowest BCUT2D eigenvalue weighted by molar-refractivity contribution is -0.135. The van der Waals surface area contributed by atoms with Crippen molar-refractivity contribution in [3.8, 4) is 45.6 Å². The Bertz CT molecular complexity index is 1640. The number of aromatic hydroxyl groups is 1. The molecule has 3 aromatic carbocycles. The molecule has 1 N–H and O–H groups in total. The molecule has 1 aliphatic heterocycles. The summed E-state index contributed by atoms with van der Waals surface area (Å²) in [6.45, 7) is 1.25. The predicted octanol–water partition coefficient (Wildman–Crippen LogP) is 4.56. The number of carbonyl (C=O) groups excluding carboxylic acids is 2. The van der Waals surface area contributed by atoms with Gasteiger partial charge in [0.2, 0.25) is 11.2 Å². The van der Waals surface area contributed by atoms with Crippen LogP contribution in [0, 0.1) is 0 Å².